The van der Waals surface area contributed by atoms with Gasteiger partial charge in [0, 0.05) is 18.7 Å². The average molecular weight is 405 g/mol. The molecule has 1 aliphatic rings. The Morgan fingerprint density at radius 2 is 1.68 bits per heavy atom. The van der Waals surface area contributed by atoms with Crippen LogP contribution in [-0.4, -0.2) is 51.1 Å². The minimum atomic E-state index is -3.64. The lowest BCUT2D eigenvalue weighted by Gasteiger charge is -2.21. The zero-order valence-electron chi connectivity index (χ0n) is 15.3. The van der Waals surface area contributed by atoms with Crippen molar-refractivity contribution in [2.24, 2.45) is 0 Å². The predicted octanol–water partition coefficient (Wildman–Crippen LogP) is 2.61. The van der Waals surface area contributed by atoms with Gasteiger partial charge in [0.2, 0.25) is 0 Å². The van der Waals surface area contributed by atoms with Crippen LogP contribution in [0.2, 0.25) is 0 Å². The van der Waals surface area contributed by atoms with E-state index in [1.165, 1.54) is 42.3 Å². The molecule has 0 radical (unpaired) electrons. The third-order valence-corrected chi connectivity index (χ3v) is 6.95. The molecule has 0 N–H and O–H groups in total. The summed E-state index contributed by atoms with van der Waals surface area (Å²) in [6.07, 6.45) is 0.0788. The van der Waals surface area contributed by atoms with Gasteiger partial charge in [-0.05, 0) is 24.6 Å². The molecule has 1 atom stereocenters. The molecule has 1 saturated heterocycles. The quantitative estimate of drug-likeness (QED) is 0.734. The van der Waals surface area contributed by atoms with Crippen molar-refractivity contribution in [2.45, 2.75) is 11.7 Å². The highest BCUT2D eigenvalue weighted by molar-refractivity contribution is 7.91. The second-order valence-corrected chi connectivity index (χ2v) is 8.80. The van der Waals surface area contributed by atoms with Gasteiger partial charge in [-0.3, -0.25) is 4.79 Å². The monoisotopic (exact) mass is 405 g/mol. The highest BCUT2D eigenvalue weighted by atomic mass is 32.2. The second kappa shape index (κ2) is 8.10. The van der Waals surface area contributed by atoms with E-state index in [-0.39, 0.29) is 42.0 Å². The molecule has 1 amide bonds. The van der Waals surface area contributed by atoms with E-state index in [1.54, 1.807) is 18.2 Å². The average Bonchev–Trinajstić information content (AvgIpc) is 2.85. The fourth-order valence-electron chi connectivity index (χ4n) is 3.36. The first kappa shape index (κ1) is 20.0. The van der Waals surface area contributed by atoms with Crippen molar-refractivity contribution in [3.05, 3.63) is 71.0 Å². The highest BCUT2D eigenvalue weighted by Crippen LogP contribution is 2.31. The number of methoxy groups -OCH3 is 1. The van der Waals surface area contributed by atoms with Crippen LogP contribution in [0.3, 0.4) is 0 Å². The number of carbonyl (C=O) groups excluding carboxylic acids is 2. The standard InChI is InChI=1S/C20H20FNO5S/c1-27-20(24)15-7-3-2-6-14(15)19(23)22-11-10-18(28(25,26)13-12-22)16-8-4-5-9-17(16)21/h2-9,18H,10-13H2,1H3. The Balaban J connectivity index is 1.89. The van der Waals surface area contributed by atoms with Crippen molar-refractivity contribution in [3.8, 4) is 0 Å². The molecule has 6 nitrogen and oxygen atoms in total. The third kappa shape index (κ3) is 3.91. The Hall–Kier alpha value is -2.74. The van der Waals surface area contributed by atoms with E-state index in [4.69, 9.17) is 4.74 Å². The number of hydrogen-bond donors (Lipinski definition) is 0. The summed E-state index contributed by atoms with van der Waals surface area (Å²) in [4.78, 5) is 26.3. The lowest BCUT2D eigenvalue weighted by molar-refractivity contribution is 0.0590. The summed E-state index contributed by atoms with van der Waals surface area (Å²) in [6, 6.07) is 12.0. The van der Waals surface area contributed by atoms with Crippen LogP contribution in [-0.2, 0) is 14.6 Å². The molecule has 0 saturated carbocycles. The normalized spacial score (nSPS) is 18.9. The molecule has 1 unspecified atom stereocenters. The molecule has 8 heteroatoms. The van der Waals surface area contributed by atoms with E-state index in [2.05, 4.69) is 0 Å². The van der Waals surface area contributed by atoms with Gasteiger partial charge in [-0.15, -0.1) is 0 Å². The van der Waals surface area contributed by atoms with Crippen LogP contribution < -0.4 is 0 Å². The Morgan fingerprint density at radius 1 is 1.04 bits per heavy atom. The molecule has 0 aliphatic carbocycles. The Labute approximate surface area is 162 Å². The van der Waals surface area contributed by atoms with Crippen molar-refractivity contribution in [2.75, 3.05) is 26.0 Å². The maximum atomic E-state index is 14.2. The van der Waals surface area contributed by atoms with Crippen molar-refractivity contribution in [1.29, 1.82) is 0 Å². The number of halogens is 1. The lowest BCUT2D eigenvalue weighted by atomic mass is 10.1. The van der Waals surface area contributed by atoms with Gasteiger partial charge in [0.25, 0.3) is 5.91 Å². The minimum absolute atomic E-state index is 0.0262. The fraction of sp³-hybridized carbons (Fsp3) is 0.300. The zero-order chi connectivity index (χ0) is 20.3. The first-order valence-corrected chi connectivity index (χ1v) is 10.5. The largest absolute Gasteiger partial charge is 0.465 e. The number of carbonyl (C=O) groups is 2. The number of nitrogens with zero attached hydrogens (tertiary/aromatic N) is 1. The minimum Gasteiger partial charge on any atom is -0.465 e. The van der Waals surface area contributed by atoms with E-state index in [0.717, 1.165) is 0 Å². The maximum Gasteiger partial charge on any atom is 0.338 e. The molecule has 0 aromatic heterocycles. The van der Waals surface area contributed by atoms with Gasteiger partial charge in [0.05, 0.1) is 29.2 Å². The van der Waals surface area contributed by atoms with Crippen molar-refractivity contribution >= 4 is 21.7 Å². The number of amides is 1. The molecule has 0 bridgehead atoms. The molecule has 1 aliphatic heterocycles. The van der Waals surface area contributed by atoms with Crippen LogP contribution in [0, 0.1) is 5.82 Å². The summed E-state index contributed by atoms with van der Waals surface area (Å²) in [7, 11) is -2.42. The number of benzene rings is 2. The van der Waals surface area contributed by atoms with Crippen molar-refractivity contribution < 1.29 is 27.1 Å². The Morgan fingerprint density at radius 3 is 2.36 bits per heavy atom. The molecule has 2 aromatic carbocycles. The van der Waals surface area contributed by atoms with Crippen LogP contribution in [0.5, 0.6) is 0 Å². The smallest absolute Gasteiger partial charge is 0.338 e. The molecule has 0 spiro atoms. The first-order chi connectivity index (χ1) is 13.3. The molecule has 3 rings (SSSR count). The van der Waals surface area contributed by atoms with Crippen molar-refractivity contribution in [3.63, 3.8) is 0 Å². The SMILES string of the molecule is COC(=O)c1ccccc1C(=O)N1CCC(c2ccccc2F)S(=O)(=O)CC1. The number of rotatable bonds is 3. The maximum absolute atomic E-state index is 14.2. The molecule has 1 heterocycles. The lowest BCUT2D eigenvalue weighted by Crippen LogP contribution is -2.34. The van der Waals surface area contributed by atoms with Crippen LogP contribution in [0.25, 0.3) is 0 Å². The summed E-state index contributed by atoms with van der Waals surface area (Å²) in [5.41, 5.74) is 0.385. The van der Waals surface area contributed by atoms with Gasteiger partial charge in [0.1, 0.15) is 5.82 Å². The summed E-state index contributed by atoms with van der Waals surface area (Å²) < 4.78 is 44.3. The summed E-state index contributed by atoms with van der Waals surface area (Å²) in [5, 5.41) is -1.01. The second-order valence-electron chi connectivity index (χ2n) is 6.50. The third-order valence-electron chi connectivity index (χ3n) is 4.84. The summed E-state index contributed by atoms with van der Waals surface area (Å²) in [6.45, 7) is 0.105. The summed E-state index contributed by atoms with van der Waals surface area (Å²) in [5.74, 6) is -1.95. The van der Waals surface area contributed by atoms with Gasteiger partial charge >= 0.3 is 5.97 Å². The Bertz CT molecular complexity index is 1010. The van der Waals surface area contributed by atoms with E-state index >= 15 is 0 Å². The van der Waals surface area contributed by atoms with E-state index in [0.29, 0.717) is 0 Å². The fourth-order valence-corrected chi connectivity index (χ4v) is 5.16. The first-order valence-electron chi connectivity index (χ1n) is 8.77. The molecule has 2 aromatic rings. The molecule has 28 heavy (non-hydrogen) atoms. The Kier molecular flexibility index (Phi) is 5.79. The van der Waals surface area contributed by atoms with Crippen LogP contribution >= 0.6 is 0 Å². The highest BCUT2D eigenvalue weighted by Gasteiger charge is 2.35. The molecule has 148 valence electrons. The summed E-state index contributed by atoms with van der Waals surface area (Å²) >= 11 is 0. The van der Waals surface area contributed by atoms with Crippen molar-refractivity contribution in [1.82, 2.24) is 4.90 Å². The van der Waals surface area contributed by atoms with Crippen LogP contribution in [0.15, 0.2) is 48.5 Å². The van der Waals surface area contributed by atoms with E-state index in [9.17, 15) is 22.4 Å². The number of hydrogen-bond acceptors (Lipinski definition) is 5. The van der Waals surface area contributed by atoms with E-state index in [1.807, 2.05) is 0 Å². The van der Waals surface area contributed by atoms with Crippen LogP contribution in [0.4, 0.5) is 4.39 Å². The predicted molar refractivity (Wildman–Crippen MR) is 101 cm³/mol. The molecular weight excluding hydrogens is 385 g/mol. The van der Waals surface area contributed by atoms with Gasteiger partial charge in [-0.2, -0.15) is 0 Å². The number of sulfone groups is 1. The zero-order valence-corrected chi connectivity index (χ0v) is 16.1. The van der Waals surface area contributed by atoms with Gasteiger partial charge in [-0.1, -0.05) is 30.3 Å². The topological polar surface area (TPSA) is 80.8 Å². The molecule has 1 fully saturated rings. The van der Waals surface area contributed by atoms with E-state index < -0.39 is 32.8 Å². The van der Waals surface area contributed by atoms with Crippen LogP contribution in [0.1, 0.15) is 38.0 Å². The van der Waals surface area contributed by atoms with Gasteiger partial charge in [0.15, 0.2) is 9.84 Å². The number of ether oxygens (including phenoxy) is 1. The molecular formula is C20H20FNO5S. The van der Waals surface area contributed by atoms with Gasteiger partial charge < -0.3 is 9.64 Å². The van der Waals surface area contributed by atoms with Gasteiger partial charge in [-0.25, -0.2) is 17.6 Å². The number of esters is 1.